The van der Waals surface area contributed by atoms with E-state index >= 15 is 0 Å². The Morgan fingerprint density at radius 3 is 3.11 bits per heavy atom. The summed E-state index contributed by atoms with van der Waals surface area (Å²) in [7, 11) is 0. The van der Waals surface area contributed by atoms with Gasteiger partial charge in [0, 0.05) is 10.0 Å². The average Bonchev–Trinajstić information content (AvgIpc) is 2.84. The predicted octanol–water partition coefficient (Wildman–Crippen LogP) is 2.86. The van der Waals surface area contributed by atoms with Crippen LogP contribution in [0.3, 0.4) is 0 Å². The van der Waals surface area contributed by atoms with E-state index in [2.05, 4.69) is 21.2 Å². The maximum Gasteiger partial charge on any atom is 0.231 e. The minimum Gasteiger partial charge on any atom is -0.453 e. The Balaban J connectivity index is 1.87. The Morgan fingerprint density at radius 1 is 1.44 bits per heavy atom. The smallest absolute Gasteiger partial charge is 0.231 e. The third-order valence-electron chi connectivity index (χ3n) is 3.54. The quantitative estimate of drug-likeness (QED) is 0.910. The van der Waals surface area contributed by atoms with E-state index in [0.29, 0.717) is 17.2 Å². The minimum atomic E-state index is -0.276. The molecule has 3 nitrogen and oxygen atoms in total. The predicted molar refractivity (Wildman–Crippen MR) is 69.5 cm³/mol. The topological polar surface area (TPSA) is 30.5 Å². The van der Waals surface area contributed by atoms with Gasteiger partial charge in [0.2, 0.25) is 12.5 Å². The highest BCUT2D eigenvalue weighted by Crippen LogP contribution is 2.41. The number of ether oxygens (including phenoxy) is 2. The van der Waals surface area contributed by atoms with Crippen LogP contribution in [0.5, 0.6) is 11.5 Å². The number of halogens is 2. The van der Waals surface area contributed by atoms with Gasteiger partial charge in [-0.1, -0.05) is 15.9 Å². The SMILES string of the molecule is Fc1c(CC2CCCNC2)c(Br)cc2c1OCO2. The fourth-order valence-corrected chi connectivity index (χ4v) is 3.13. The largest absolute Gasteiger partial charge is 0.453 e. The van der Waals surface area contributed by atoms with Crippen molar-refractivity contribution in [2.24, 2.45) is 5.92 Å². The Bertz CT molecular complexity index is 461. The van der Waals surface area contributed by atoms with Crippen molar-refractivity contribution in [1.82, 2.24) is 5.32 Å². The van der Waals surface area contributed by atoms with Crippen LogP contribution >= 0.6 is 15.9 Å². The van der Waals surface area contributed by atoms with Crippen LogP contribution in [0, 0.1) is 11.7 Å². The number of fused-ring (bicyclic) bond motifs is 1. The van der Waals surface area contributed by atoms with Gasteiger partial charge in [0.05, 0.1) is 0 Å². The Hall–Kier alpha value is -0.810. The molecule has 98 valence electrons. The summed E-state index contributed by atoms with van der Waals surface area (Å²) in [6.45, 7) is 2.13. The first kappa shape index (κ1) is 12.2. The molecule has 0 aliphatic carbocycles. The lowest BCUT2D eigenvalue weighted by Gasteiger charge is -2.23. The molecule has 18 heavy (non-hydrogen) atoms. The standard InChI is InChI=1S/C13H15BrFNO2/c14-10-5-11-13(18-7-17-11)12(15)9(10)4-8-2-1-3-16-6-8/h5,8,16H,1-4,6-7H2. The summed E-state index contributed by atoms with van der Waals surface area (Å²) in [5, 5.41) is 3.35. The van der Waals surface area contributed by atoms with Crippen molar-refractivity contribution < 1.29 is 13.9 Å². The van der Waals surface area contributed by atoms with Gasteiger partial charge in [-0.2, -0.15) is 0 Å². The molecule has 1 saturated heterocycles. The monoisotopic (exact) mass is 315 g/mol. The molecular formula is C13H15BrFNO2. The molecule has 0 saturated carbocycles. The first-order valence-electron chi connectivity index (χ1n) is 6.23. The zero-order chi connectivity index (χ0) is 12.5. The fraction of sp³-hybridized carbons (Fsp3) is 0.538. The summed E-state index contributed by atoms with van der Waals surface area (Å²) < 4.78 is 25.5. The highest BCUT2D eigenvalue weighted by molar-refractivity contribution is 9.10. The van der Waals surface area contributed by atoms with Crippen molar-refractivity contribution in [3.63, 3.8) is 0 Å². The molecule has 2 heterocycles. The van der Waals surface area contributed by atoms with E-state index in [-0.39, 0.29) is 18.4 Å². The van der Waals surface area contributed by atoms with E-state index in [1.807, 2.05) is 0 Å². The van der Waals surface area contributed by atoms with Gasteiger partial charge in [0.15, 0.2) is 11.6 Å². The maximum atomic E-state index is 14.3. The number of benzene rings is 1. The van der Waals surface area contributed by atoms with Gasteiger partial charge in [-0.25, -0.2) is 4.39 Å². The lowest BCUT2D eigenvalue weighted by atomic mass is 9.92. The van der Waals surface area contributed by atoms with Gasteiger partial charge >= 0.3 is 0 Å². The summed E-state index contributed by atoms with van der Waals surface area (Å²) in [5.74, 6) is 0.967. The summed E-state index contributed by atoms with van der Waals surface area (Å²) in [6, 6.07) is 1.80. The Labute approximate surface area is 114 Å². The van der Waals surface area contributed by atoms with Crippen LogP contribution in [-0.2, 0) is 6.42 Å². The van der Waals surface area contributed by atoms with E-state index in [4.69, 9.17) is 9.47 Å². The molecule has 0 spiro atoms. The summed E-state index contributed by atoms with van der Waals surface area (Å²) in [6.07, 6.45) is 3.04. The highest BCUT2D eigenvalue weighted by Gasteiger charge is 2.25. The molecule has 2 aliphatic rings. The summed E-state index contributed by atoms with van der Waals surface area (Å²) in [4.78, 5) is 0. The van der Waals surface area contributed by atoms with Crippen molar-refractivity contribution >= 4 is 15.9 Å². The molecule has 1 aromatic rings. The highest BCUT2D eigenvalue weighted by atomic mass is 79.9. The van der Waals surface area contributed by atoms with Crippen LogP contribution in [0.4, 0.5) is 4.39 Å². The molecule has 5 heteroatoms. The Morgan fingerprint density at radius 2 is 2.33 bits per heavy atom. The molecule has 3 rings (SSSR count). The third kappa shape index (κ3) is 2.21. The molecule has 1 aromatic carbocycles. The van der Waals surface area contributed by atoms with Gasteiger partial charge in [0.1, 0.15) is 0 Å². The van der Waals surface area contributed by atoms with Crippen molar-refractivity contribution in [2.45, 2.75) is 19.3 Å². The molecule has 1 atom stereocenters. The third-order valence-corrected chi connectivity index (χ3v) is 4.25. The van der Waals surface area contributed by atoms with Gasteiger partial charge in [0.25, 0.3) is 0 Å². The Kier molecular flexibility index (Phi) is 3.43. The van der Waals surface area contributed by atoms with Gasteiger partial charge in [-0.05, 0) is 44.3 Å². The average molecular weight is 316 g/mol. The van der Waals surface area contributed by atoms with E-state index in [9.17, 15) is 4.39 Å². The molecule has 2 aliphatic heterocycles. The summed E-state index contributed by atoms with van der Waals surface area (Å²) >= 11 is 3.43. The van der Waals surface area contributed by atoms with Gasteiger partial charge in [-0.15, -0.1) is 0 Å². The number of piperidine rings is 1. The number of hydrogen-bond donors (Lipinski definition) is 1. The molecular weight excluding hydrogens is 301 g/mol. The summed E-state index contributed by atoms with van der Waals surface area (Å²) in [5.41, 5.74) is 0.702. The van der Waals surface area contributed by atoms with Gasteiger partial charge in [-0.3, -0.25) is 0 Å². The minimum absolute atomic E-state index is 0.104. The van der Waals surface area contributed by atoms with Crippen molar-refractivity contribution in [3.05, 3.63) is 21.9 Å². The fourth-order valence-electron chi connectivity index (χ4n) is 2.59. The van der Waals surface area contributed by atoms with Crippen LogP contribution in [0.2, 0.25) is 0 Å². The zero-order valence-electron chi connectivity index (χ0n) is 9.97. The lowest BCUT2D eigenvalue weighted by molar-refractivity contribution is 0.170. The van der Waals surface area contributed by atoms with Crippen LogP contribution in [-0.4, -0.2) is 19.9 Å². The second kappa shape index (κ2) is 5.05. The number of hydrogen-bond acceptors (Lipinski definition) is 3. The van der Waals surface area contributed by atoms with E-state index in [0.717, 1.165) is 36.8 Å². The normalized spacial score (nSPS) is 22.2. The number of rotatable bonds is 2. The molecule has 1 N–H and O–H groups in total. The van der Waals surface area contributed by atoms with E-state index in [1.165, 1.54) is 0 Å². The maximum absolute atomic E-state index is 14.3. The first-order chi connectivity index (χ1) is 8.75. The van der Waals surface area contributed by atoms with Crippen LogP contribution < -0.4 is 14.8 Å². The lowest BCUT2D eigenvalue weighted by Crippen LogP contribution is -2.31. The number of nitrogens with one attached hydrogen (secondary N) is 1. The molecule has 0 amide bonds. The van der Waals surface area contributed by atoms with Crippen LogP contribution in [0.15, 0.2) is 10.5 Å². The molecule has 0 aromatic heterocycles. The van der Waals surface area contributed by atoms with E-state index in [1.54, 1.807) is 6.07 Å². The van der Waals surface area contributed by atoms with Crippen molar-refractivity contribution in [1.29, 1.82) is 0 Å². The van der Waals surface area contributed by atoms with Crippen LogP contribution in [0.1, 0.15) is 18.4 Å². The zero-order valence-corrected chi connectivity index (χ0v) is 11.6. The van der Waals surface area contributed by atoms with Crippen molar-refractivity contribution in [2.75, 3.05) is 19.9 Å². The molecule has 0 radical (unpaired) electrons. The molecule has 0 bridgehead atoms. The van der Waals surface area contributed by atoms with Gasteiger partial charge < -0.3 is 14.8 Å². The second-order valence-corrected chi connectivity index (χ2v) is 5.66. The van der Waals surface area contributed by atoms with Crippen molar-refractivity contribution in [3.8, 4) is 11.5 Å². The van der Waals surface area contributed by atoms with E-state index < -0.39 is 0 Å². The first-order valence-corrected chi connectivity index (χ1v) is 7.02. The second-order valence-electron chi connectivity index (χ2n) is 4.80. The molecule has 1 unspecified atom stereocenters. The van der Waals surface area contributed by atoms with Crippen LogP contribution in [0.25, 0.3) is 0 Å². The molecule has 1 fully saturated rings.